The van der Waals surface area contributed by atoms with Gasteiger partial charge in [-0.05, 0) is 20.3 Å². The van der Waals surface area contributed by atoms with Crippen LogP contribution in [0, 0.1) is 6.92 Å². The van der Waals surface area contributed by atoms with Gasteiger partial charge < -0.3 is 10.4 Å². The number of aliphatic hydroxyl groups is 1. The largest absolute Gasteiger partial charge is 0.394 e. The van der Waals surface area contributed by atoms with E-state index in [-0.39, 0.29) is 12.6 Å². The summed E-state index contributed by atoms with van der Waals surface area (Å²) in [7, 11) is 1.81. The standard InChI is InChI=1S/C12H22N4O2/c1-5-6-12(3,8-17)14-11(18)13-10-7-9(2)16(4)15-10/h7,17H,5-6,8H2,1-4H3,(H2,13,14,15,18). The van der Waals surface area contributed by atoms with Crippen LogP contribution in [0.3, 0.4) is 0 Å². The zero-order chi connectivity index (χ0) is 13.8. The lowest BCUT2D eigenvalue weighted by atomic mass is 9.98. The molecule has 6 nitrogen and oxygen atoms in total. The van der Waals surface area contributed by atoms with Crippen LogP contribution >= 0.6 is 0 Å². The first kappa shape index (κ1) is 14.5. The van der Waals surface area contributed by atoms with E-state index in [1.165, 1.54) is 0 Å². The number of aliphatic hydroxyl groups excluding tert-OH is 1. The third-order valence-electron chi connectivity index (χ3n) is 2.92. The van der Waals surface area contributed by atoms with E-state index >= 15 is 0 Å². The maximum Gasteiger partial charge on any atom is 0.320 e. The van der Waals surface area contributed by atoms with Gasteiger partial charge in [0.2, 0.25) is 0 Å². The van der Waals surface area contributed by atoms with Crippen molar-refractivity contribution < 1.29 is 9.90 Å². The zero-order valence-electron chi connectivity index (χ0n) is 11.4. The lowest BCUT2D eigenvalue weighted by Gasteiger charge is -2.28. The van der Waals surface area contributed by atoms with Crippen LogP contribution < -0.4 is 10.6 Å². The second-order valence-corrected chi connectivity index (χ2v) is 4.84. The number of carbonyl (C=O) groups is 1. The Bertz CT molecular complexity index is 397. The van der Waals surface area contributed by atoms with Gasteiger partial charge in [0.25, 0.3) is 0 Å². The number of aryl methyl sites for hydroxylation is 2. The maximum atomic E-state index is 11.8. The molecule has 0 aliphatic heterocycles. The number of carbonyl (C=O) groups excluding carboxylic acids is 1. The molecule has 1 atom stereocenters. The molecule has 1 aromatic heterocycles. The molecule has 0 bridgehead atoms. The molecule has 1 aromatic rings. The summed E-state index contributed by atoms with van der Waals surface area (Å²) in [5.74, 6) is 0.504. The SMILES string of the molecule is CCCC(C)(CO)NC(=O)Nc1cc(C)n(C)n1. The Hall–Kier alpha value is -1.56. The third kappa shape index (κ3) is 3.73. The summed E-state index contributed by atoms with van der Waals surface area (Å²) < 4.78 is 1.69. The number of amides is 2. The predicted octanol–water partition coefficient (Wildman–Crippen LogP) is 1.40. The molecule has 0 radical (unpaired) electrons. The molecule has 102 valence electrons. The van der Waals surface area contributed by atoms with Crippen LogP contribution in [0.5, 0.6) is 0 Å². The normalized spacial score (nSPS) is 14.1. The van der Waals surface area contributed by atoms with Crippen LogP contribution in [0.25, 0.3) is 0 Å². The number of urea groups is 1. The number of hydrogen-bond acceptors (Lipinski definition) is 3. The Labute approximate surface area is 107 Å². The van der Waals surface area contributed by atoms with Crippen LogP contribution in [0.15, 0.2) is 6.07 Å². The van der Waals surface area contributed by atoms with E-state index < -0.39 is 5.54 Å². The summed E-state index contributed by atoms with van der Waals surface area (Å²) in [6, 6.07) is 1.44. The molecule has 18 heavy (non-hydrogen) atoms. The van der Waals surface area contributed by atoms with Crippen molar-refractivity contribution in [3.05, 3.63) is 11.8 Å². The summed E-state index contributed by atoms with van der Waals surface area (Å²) >= 11 is 0. The van der Waals surface area contributed by atoms with Crippen molar-refractivity contribution in [2.45, 2.75) is 39.2 Å². The number of aromatic nitrogens is 2. The zero-order valence-corrected chi connectivity index (χ0v) is 11.4. The van der Waals surface area contributed by atoms with Crippen molar-refractivity contribution in [3.8, 4) is 0 Å². The average molecular weight is 254 g/mol. The van der Waals surface area contributed by atoms with Gasteiger partial charge >= 0.3 is 6.03 Å². The highest BCUT2D eigenvalue weighted by Gasteiger charge is 2.24. The summed E-state index contributed by atoms with van der Waals surface area (Å²) in [4.78, 5) is 11.8. The monoisotopic (exact) mass is 254 g/mol. The molecule has 6 heteroatoms. The minimum Gasteiger partial charge on any atom is -0.394 e. The molecule has 0 aromatic carbocycles. The first-order chi connectivity index (χ1) is 8.40. The van der Waals surface area contributed by atoms with E-state index in [0.717, 1.165) is 18.5 Å². The van der Waals surface area contributed by atoms with Crippen molar-refractivity contribution in [2.75, 3.05) is 11.9 Å². The van der Waals surface area contributed by atoms with Gasteiger partial charge in [-0.25, -0.2) is 4.79 Å². The molecular weight excluding hydrogens is 232 g/mol. The fourth-order valence-corrected chi connectivity index (χ4v) is 1.78. The van der Waals surface area contributed by atoms with Gasteiger partial charge in [0.15, 0.2) is 5.82 Å². The topological polar surface area (TPSA) is 79.2 Å². The van der Waals surface area contributed by atoms with E-state index in [4.69, 9.17) is 0 Å². The summed E-state index contributed by atoms with van der Waals surface area (Å²) in [5.41, 5.74) is 0.367. The second-order valence-electron chi connectivity index (χ2n) is 4.84. The summed E-state index contributed by atoms with van der Waals surface area (Å²) in [6.45, 7) is 5.65. The van der Waals surface area contributed by atoms with Crippen molar-refractivity contribution in [3.63, 3.8) is 0 Å². The van der Waals surface area contributed by atoms with Crippen LogP contribution in [0.2, 0.25) is 0 Å². The molecule has 0 aliphatic carbocycles. The molecule has 2 amide bonds. The Morgan fingerprint density at radius 2 is 2.28 bits per heavy atom. The third-order valence-corrected chi connectivity index (χ3v) is 2.92. The molecule has 1 unspecified atom stereocenters. The highest BCUT2D eigenvalue weighted by atomic mass is 16.3. The highest BCUT2D eigenvalue weighted by molar-refractivity contribution is 5.88. The van der Waals surface area contributed by atoms with Crippen LogP contribution in [-0.4, -0.2) is 33.1 Å². The van der Waals surface area contributed by atoms with Crippen LogP contribution in [-0.2, 0) is 7.05 Å². The Morgan fingerprint density at radius 3 is 2.72 bits per heavy atom. The van der Waals surface area contributed by atoms with Gasteiger partial charge in [0.05, 0.1) is 12.1 Å². The molecule has 0 saturated carbocycles. The second kappa shape index (κ2) is 5.86. The van der Waals surface area contributed by atoms with E-state index in [1.54, 1.807) is 10.7 Å². The van der Waals surface area contributed by atoms with E-state index in [2.05, 4.69) is 15.7 Å². The van der Waals surface area contributed by atoms with Gasteiger partial charge in [-0.2, -0.15) is 5.10 Å². The summed E-state index contributed by atoms with van der Waals surface area (Å²) in [5, 5.41) is 18.9. The molecule has 0 aliphatic rings. The van der Waals surface area contributed by atoms with Crippen molar-refractivity contribution in [2.24, 2.45) is 7.05 Å². The average Bonchev–Trinajstić information content (AvgIpc) is 2.57. The van der Waals surface area contributed by atoms with Crippen molar-refractivity contribution in [1.82, 2.24) is 15.1 Å². The fourth-order valence-electron chi connectivity index (χ4n) is 1.78. The maximum absolute atomic E-state index is 11.8. The van der Waals surface area contributed by atoms with E-state index in [0.29, 0.717) is 5.82 Å². The van der Waals surface area contributed by atoms with E-state index in [1.807, 2.05) is 27.8 Å². The van der Waals surface area contributed by atoms with Gasteiger partial charge in [-0.15, -0.1) is 0 Å². The van der Waals surface area contributed by atoms with Gasteiger partial charge in [-0.3, -0.25) is 10.00 Å². The predicted molar refractivity (Wildman–Crippen MR) is 70.5 cm³/mol. The molecule has 0 spiro atoms. The molecular formula is C12H22N4O2. The van der Waals surface area contributed by atoms with Crippen LogP contribution in [0.4, 0.5) is 10.6 Å². The quantitative estimate of drug-likeness (QED) is 0.743. The molecule has 1 rings (SSSR count). The van der Waals surface area contributed by atoms with Gasteiger partial charge in [0, 0.05) is 18.8 Å². The molecule has 1 heterocycles. The summed E-state index contributed by atoms with van der Waals surface area (Å²) in [6.07, 6.45) is 1.61. The Kier molecular flexibility index (Phi) is 4.72. The number of nitrogens with one attached hydrogen (secondary N) is 2. The van der Waals surface area contributed by atoms with Crippen molar-refractivity contribution >= 4 is 11.8 Å². The highest BCUT2D eigenvalue weighted by Crippen LogP contribution is 2.12. The smallest absolute Gasteiger partial charge is 0.320 e. The molecule has 0 fully saturated rings. The Balaban J connectivity index is 2.60. The lowest BCUT2D eigenvalue weighted by Crippen LogP contribution is -2.50. The van der Waals surface area contributed by atoms with Crippen molar-refractivity contribution in [1.29, 1.82) is 0 Å². The fraction of sp³-hybridized carbons (Fsp3) is 0.667. The van der Waals surface area contributed by atoms with Crippen LogP contribution in [0.1, 0.15) is 32.4 Å². The Morgan fingerprint density at radius 1 is 1.61 bits per heavy atom. The molecule has 0 saturated heterocycles. The first-order valence-electron chi connectivity index (χ1n) is 6.11. The number of nitrogens with zero attached hydrogens (tertiary/aromatic N) is 2. The minimum atomic E-state index is -0.595. The van der Waals surface area contributed by atoms with E-state index in [9.17, 15) is 9.90 Å². The number of hydrogen-bond donors (Lipinski definition) is 3. The first-order valence-corrected chi connectivity index (χ1v) is 6.11. The minimum absolute atomic E-state index is 0.0878. The lowest BCUT2D eigenvalue weighted by molar-refractivity contribution is 0.167. The van der Waals surface area contributed by atoms with Gasteiger partial charge in [0.1, 0.15) is 0 Å². The van der Waals surface area contributed by atoms with Gasteiger partial charge in [-0.1, -0.05) is 13.3 Å². The number of rotatable bonds is 5. The number of anilines is 1. The molecule has 3 N–H and O–H groups in total.